The highest BCUT2D eigenvalue weighted by Gasteiger charge is 2.09. The zero-order valence-corrected chi connectivity index (χ0v) is 12.9. The summed E-state index contributed by atoms with van der Waals surface area (Å²) in [5, 5.41) is 7.42. The average Bonchev–Trinajstić information content (AvgIpc) is 2.95. The Bertz CT molecular complexity index is 773. The van der Waals surface area contributed by atoms with E-state index in [-0.39, 0.29) is 0 Å². The summed E-state index contributed by atoms with van der Waals surface area (Å²) in [6.07, 6.45) is 3.46. The number of hydrogen-bond acceptors (Lipinski definition) is 4. The number of aromatic nitrogens is 2. The quantitative estimate of drug-likeness (QED) is 0.547. The van der Waals surface area contributed by atoms with Crippen molar-refractivity contribution >= 4 is 63.0 Å². The predicted octanol–water partition coefficient (Wildman–Crippen LogP) is 4.80. The molecule has 0 unspecified atom stereocenters. The molecule has 2 heterocycles. The van der Waals surface area contributed by atoms with E-state index >= 15 is 0 Å². The number of hydrazone groups is 1. The molecule has 20 heavy (non-hydrogen) atoms. The van der Waals surface area contributed by atoms with Crippen LogP contribution in [0.3, 0.4) is 0 Å². The van der Waals surface area contributed by atoms with Gasteiger partial charge in [0.25, 0.3) is 0 Å². The van der Waals surface area contributed by atoms with Gasteiger partial charge in [-0.3, -0.25) is 9.83 Å². The van der Waals surface area contributed by atoms with E-state index in [0.29, 0.717) is 26.6 Å². The monoisotopic (exact) mass is 344 g/mol. The fraction of sp³-hybridized carbons (Fsp3) is 0. The van der Waals surface area contributed by atoms with Crippen molar-refractivity contribution in [2.24, 2.45) is 5.10 Å². The summed E-state index contributed by atoms with van der Waals surface area (Å²) in [6, 6.07) is 5.23. The molecule has 0 saturated carbocycles. The summed E-state index contributed by atoms with van der Waals surface area (Å²) >= 11 is 19.6. The van der Waals surface area contributed by atoms with E-state index in [4.69, 9.17) is 34.8 Å². The maximum atomic E-state index is 6.06. The van der Waals surface area contributed by atoms with Crippen molar-refractivity contribution < 1.29 is 0 Å². The molecule has 0 aliphatic heterocycles. The van der Waals surface area contributed by atoms with Crippen molar-refractivity contribution in [3.05, 3.63) is 50.7 Å². The number of benzene rings is 1. The molecule has 8 heteroatoms. The summed E-state index contributed by atoms with van der Waals surface area (Å²) in [7, 11) is 0. The first-order chi connectivity index (χ1) is 9.66. The minimum absolute atomic E-state index is 0.396. The second-order valence-corrected chi connectivity index (χ2v) is 5.86. The molecular formula is C12H7Cl3N4S. The van der Waals surface area contributed by atoms with Crippen LogP contribution in [-0.2, 0) is 0 Å². The van der Waals surface area contributed by atoms with Gasteiger partial charge < -0.3 is 0 Å². The van der Waals surface area contributed by atoms with Gasteiger partial charge in [-0.15, -0.1) is 11.3 Å². The van der Waals surface area contributed by atoms with Crippen LogP contribution < -0.4 is 5.43 Å². The van der Waals surface area contributed by atoms with Crippen molar-refractivity contribution in [3.63, 3.8) is 0 Å². The number of imidazole rings is 1. The fourth-order valence-corrected chi connectivity index (χ4v) is 3.13. The predicted molar refractivity (Wildman–Crippen MR) is 85.8 cm³/mol. The first kappa shape index (κ1) is 13.7. The Kier molecular flexibility index (Phi) is 3.85. The highest BCUT2D eigenvalue weighted by atomic mass is 35.5. The van der Waals surface area contributed by atoms with Crippen molar-refractivity contribution in [1.29, 1.82) is 0 Å². The SMILES string of the molecule is Clc1cccc(Cl)c1N/N=C/c1c(Cl)nc2sccn12. The normalized spacial score (nSPS) is 11.6. The van der Waals surface area contributed by atoms with Gasteiger partial charge in [-0.1, -0.05) is 40.9 Å². The average molecular weight is 346 g/mol. The fourth-order valence-electron chi connectivity index (χ4n) is 1.65. The van der Waals surface area contributed by atoms with E-state index in [0.717, 1.165) is 4.96 Å². The molecule has 0 atom stereocenters. The summed E-state index contributed by atoms with van der Waals surface area (Å²) in [4.78, 5) is 5.02. The van der Waals surface area contributed by atoms with E-state index in [9.17, 15) is 0 Å². The number of rotatable bonds is 3. The van der Waals surface area contributed by atoms with Gasteiger partial charge in [0, 0.05) is 11.6 Å². The molecule has 1 N–H and O–H groups in total. The van der Waals surface area contributed by atoms with E-state index in [1.807, 2.05) is 16.0 Å². The molecule has 0 aliphatic carbocycles. The molecule has 0 fully saturated rings. The van der Waals surface area contributed by atoms with E-state index in [1.54, 1.807) is 24.4 Å². The van der Waals surface area contributed by atoms with Crippen LogP contribution in [0.4, 0.5) is 5.69 Å². The highest BCUT2D eigenvalue weighted by molar-refractivity contribution is 7.15. The van der Waals surface area contributed by atoms with Crippen molar-refractivity contribution in [3.8, 4) is 0 Å². The third-order valence-electron chi connectivity index (χ3n) is 2.58. The molecule has 4 nitrogen and oxygen atoms in total. The lowest BCUT2D eigenvalue weighted by atomic mass is 10.3. The van der Waals surface area contributed by atoms with Crippen LogP contribution in [0.5, 0.6) is 0 Å². The Labute approximate surface area is 133 Å². The van der Waals surface area contributed by atoms with Gasteiger partial charge in [-0.25, -0.2) is 4.98 Å². The molecule has 0 aliphatic rings. The van der Waals surface area contributed by atoms with Crippen LogP contribution in [0.1, 0.15) is 5.69 Å². The largest absolute Gasteiger partial charge is 0.288 e. The first-order valence-electron chi connectivity index (χ1n) is 5.51. The van der Waals surface area contributed by atoms with Crippen molar-refractivity contribution in [2.75, 3.05) is 5.43 Å². The summed E-state index contributed by atoms with van der Waals surface area (Å²) in [6.45, 7) is 0. The highest BCUT2D eigenvalue weighted by Crippen LogP contribution is 2.29. The van der Waals surface area contributed by atoms with Gasteiger partial charge in [0.1, 0.15) is 5.69 Å². The third kappa shape index (κ3) is 2.50. The Hall–Kier alpha value is -1.27. The minimum atomic E-state index is 0.396. The standard InChI is InChI=1S/C12H7Cl3N4S/c13-7-2-1-3-8(14)10(7)18-16-6-9-11(15)17-12-19(9)4-5-20-12/h1-6,18H/b16-6+. The lowest BCUT2D eigenvalue weighted by Crippen LogP contribution is -1.95. The zero-order chi connectivity index (χ0) is 14.1. The van der Waals surface area contributed by atoms with E-state index in [2.05, 4.69) is 15.5 Å². The van der Waals surface area contributed by atoms with E-state index in [1.165, 1.54) is 11.3 Å². The Morgan fingerprint density at radius 1 is 1.25 bits per heavy atom. The Balaban J connectivity index is 1.88. The molecule has 1 aromatic carbocycles. The van der Waals surface area contributed by atoms with Crippen LogP contribution in [0.2, 0.25) is 15.2 Å². The molecule has 0 bridgehead atoms. The number of halogens is 3. The van der Waals surface area contributed by atoms with Crippen molar-refractivity contribution in [1.82, 2.24) is 9.38 Å². The molecule has 0 radical (unpaired) electrons. The number of fused-ring (bicyclic) bond motifs is 1. The summed E-state index contributed by atoms with van der Waals surface area (Å²) in [5.41, 5.74) is 4.06. The Morgan fingerprint density at radius 3 is 2.75 bits per heavy atom. The second kappa shape index (κ2) is 5.61. The molecule has 3 aromatic rings. The molecule has 0 spiro atoms. The molecule has 0 saturated heterocycles. The Morgan fingerprint density at radius 2 is 2.00 bits per heavy atom. The summed E-state index contributed by atoms with van der Waals surface area (Å²) in [5.74, 6) is 0. The molecule has 3 rings (SSSR count). The van der Waals surface area contributed by atoms with Crippen LogP contribution in [0, 0.1) is 0 Å². The van der Waals surface area contributed by atoms with Crippen LogP contribution in [0.15, 0.2) is 34.9 Å². The number of para-hydroxylation sites is 1. The van der Waals surface area contributed by atoms with Crippen LogP contribution in [0.25, 0.3) is 4.96 Å². The molecule has 0 amide bonds. The number of hydrogen-bond donors (Lipinski definition) is 1. The lowest BCUT2D eigenvalue weighted by Gasteiger charge is -2.04. The van der Waals surface area contributed by atoms with Gasteiger partial charge in [-0.2, -0.15) is 5.10 Å². The minimum Gasteiger partial charge on any atom is -0.288 e. The van der Waals surface area contributed by atoms with Gasteiger partial charge in [0.15, 0.2) is 10.1 Å². The zero-order valence-electron chi connectivity index (χ0n) is 9.85. The van der Waals surface area contributed by atoms with Crippen molar-refractivity contribution in [2.45, 2.75) is 0 Å². The second-order valence-electron chi connectivity index (χ2n) is 3.81. The smallest absolute Gasteiger partial charge is 0.195 e. The summed E-state index contributed by atoms with van der Waals surface area (Å²) < 4.78 is 1.85. The number of thiazole rings is 1. The first-order valence-corrected chi connectivity index (χ1v) is 7.52. The maximum absolute atomic E-state index is 6.06. The van der Waals surface area contributed by atoms with Crippen LogP contribution >= 0.6 is 46.1 Å². The maximum Gasteiger partial charge on any atom is 0.195 e. The third-order valence-corrected chi connectivity index (χ3v) is 4.24. The molecule has 102 valence electrons. The van der Waals surface area contributed by atoms with Gasteiger partial charge in [0.2, 0.25) is 0 Å². The lowest BCUT2D eigenvalue weighted by molar-refractivity contribution is 1.21. The van der Waals surface area contributed by atoms with Gasteiger partial charge in [-0.05, 0) is 12.1 Å². The molecule has 2 aromatic heterocycles. The number of anilines is 1. The van der Waals surface area contributed by atoms with E-state index < -0.39 is 0 Å². The number of nitrogens with one attached hydrogen (secondary N) is 1. The molecular weight excluding hydrogens is 339 g/mol. The topological polar surface area (TPSA) is 41.7 Å². The van der Waals surface area contributed by atoms with Gasteiger partial charge >= 0.3 is 0 Å². The van der Waals surface area contributed by atoms with Crippen LogP contribution in [-0.4, -0.2) is 15.6 Å². The number of nitrogens with zero attached hydrogens (tertiary/aromatic N) is 3. The van der Waals surface area contributed by atoms with Gasteiger partial charge in [0.05, 0.1) is 21.9 Å².